The highest BCUT2D eigenvalue weighted by Crippen LogP contribution is 2.56. The summed E-state index contributed by atoms with van der Waals surface area (Å²) in [5.74, 6) is 1.42. The Balaban J connectivity index is 1.31. The van der Waals surface area contributed by atoms with E-state index in [1.165, 1.54) is 98.1 Å². The molecule has 0 N–H and O–H groups in total. The van der Waals surface area contributed by atoms with Crippen LogP contribution in [-0.4, -0.2) is 14.7 Å². The summed E-state index contributed by atoms with van der Waals surface area (Å²) < 4.78 is 5.12. The molecule has 240 valence electrons. The molecule has 1 aliphatic heterocycles. The second kappa shape index (κ2) is 9.54. The van der Waals surface area contributed by atoms with E-state index in [9.17, 15) is 0 Å². The van der Waals surface area contributed by atoms with Gasteiger partial charge in [0.25, 0.3) is 0 Å². The van der Waals surface area contributed by atoms with Crippen molar-refractivity contribution in [2.75, 3.05) is 0 Å². The number of hydrogen-bond donors (Lipinski definition) is 0. The third-order valence-corrected chi connectivity index (χ3v) is 12.0. The average Bonchev–Trinajstić information content (AvgIpc) is 3.71. The second-order valence-electron chi connectivity index (χ2n) is 14.6. The number of allylic oxidation sites excluding steroid dienone is 1. The van der Waals surface area contributed by atoms with Crippen molar-refractivity contribution in [1.82, 2.24) is 8.97 Å². The standard InChI is InChI=1S/C49H29N3/c1-2-14-29(15-3-1)44-33-19-7-6-17-31(33)39-27-40(39)49(50-44)52-45-30-16-5-4-13-28(30)25-26-38(45)43-42-37-23-12-22-34-32-18-10-11-24-41(32)51(46(34)37)47(42)35-20-8-9-21-36(35)48(43)52/h1-26,39H,27H2. The first-order chi connectivity index (χ1) is 25.8. The molecule has 0 radical (unpaired) electrons. The van der Waals surface area contributed by atoms with Gasteiger partial charge in [0.2, 0.25) is 0 Å². The van der Waals surface area contributed by atoms with Crippen LogP contribution in [-0.2, 0) is 0 Å². The average molecular weight is 660 g/mol. The highest BCUT2D eigenvalue weighted by atomic mass is 15.1. The van der Waals surface area contributed by atoms with Crippen LogP contribution in [0.3, 0.4) is 0 Å². The molecule has 0 bridgehead atoms. The van der Waals surface area contributed by atoms with Crippen molar-refractivity contribution >= 4 is 93.0 Å². The van der Waals surface area contributed by atoms with Crippen molar-refractivity contribution in [1.29, 1.82) is 0 Å². The van der Waals surface area contributed by atoms with E-state index in [1.54, 1.807) is 0 Å². The van der Waals surface area contributed by atoms with E-state index in [1.807, 2.05) is 0 Å². The van der Waals surface area contributed by atoms with Crippen molar-refractivity contribution in [3.8, 4) is 0 Å². The van der Waals surface area contributed by atoms with E-state index >= 15 is 0 Å². The summed E-state index contributed by atoms with van der Waals surface area (Å²) >= 11 is 0. The van der Waals surface area contributed by atoms with Crippen LogP contribution in [0.4, 0.5) is 0 Å². The quantitative estimate of drug-likeness (QED) is 0.176. The van der Waals surface area contributed by atoms with E-state index in [2.05, 4.69) is 167 Å². The Morgan fingerprint density at radius 1 is 0.462 bits per heavy atom. The van der Waals surface area contributed by atoms with Crippen LogP contribution >= 0.6 is 0 Å². The first-order valence-corrected chi connectivity index (χ1v) is 18.3. The fourth-order valence-corrected chi connectivity index (χ4v) is 9.84. The largest absolute Gasteiger partial charge is 0.307 e. The third kappa shape index (κ3) is 3.25. The Morgan fingerprint density at radius 2 is 1.10 bits per heavy atom. The molecule has 0 amide bonds. The van der Waals surface area contributed by atoms with Gasteiger partial charge >= 0.3 is 0 Å². The molecule has 13 rings (SSSR count). The monoisotopic (exact) mass is 659 g/mol. The summed E-state index contributed by atoms with van der Waals surface area (Å²) in [5.41, 5.74) is 12.5. The summed E-state index contributed by atoms with van der Waals surface area (Å²) in [6, 6.07) is 58.1. The minimum Gasteiger partial charge on any atom is -0.307 e. The van der Waals surface area contributed by atoms with Gasteiger partial charge in [-0.2, -0.15) is 0 Å². The van der Waals surface area contributed by atoms with E-state index in [0.717, 1.165) is 23.5 Å². The highest BCUT2D eigenvalue weighted by Gasteiger charge is 2.41. The Bertz CT molecular complexity index is 3430. The van der Waals surface area contributed by atoms with Gasteiger partial charge in [-0.25, -0.2) is 4.99 Å². The van der Waals surface area contributed by atoms with Crippen LogP contribution in [0.25, 0.3) is 87.3 Å². The lowest BCUT2D eigenvalue weighted by Crippen LogP contribution is -2.07. The lowest BCUT2D eigenvalue weighted by atomic mass is 9.95. The van der Waals surface area contributed by atoms with E-state index in [4.69, 9.17) is 4.99 Å². The molecule has 1 unspecified atom stereocenters. The van der Waals surface area contributed by atoms with Crippen LogP contribution in [0.15, 0.2) is 168 Å². The zero-order chi connectivity index (χ0) is 33.7. The molecule has 3 heteroatoms. The van der Waals surface area contributed by atoms with E-state index < -0.39 is 0 Å². The van der Waals surface area contributed by atoms with Gasteiger partial charge in [-0.3, -0.25) is 4.57 Å². The summed E-state index contributed by atoms with van der Waals surface area (Å²) in [6.07, 6.45) is 1.02. The van der Waals surface area contributed by atoms with Gasteiger partial charge in [0.15, 0.2) is 0 Å². The van der Waals surface area contributed by atoms with Crippen molar-refractivity contribution in [2.24, 2.45) is 4.99 Å². The summed E-state index contributed by atoms with van der Waals surface area (Å²) in [5, 5.41) is 12.8. The molecule has 8 aromatic carbocycles. The molecule has 1 atom stereocenters. The van der Waals surface area contributed by atoms with Gasteiger partial charge < -0.3 is 4.40 Å². The van der Waals surface area contributed by atoms with Gasteiger partial charge in [-0.1, -0.05) is 152 Å². The SMILES string of the molecule is c1ccc(C2=NC(n3c4c5ccccc5ccc4c4c5c6cccc7c8ccccc8n(c76)c5c5ccccc5c43)=C3CC3c3ccccc32)cc1. The Labute approximate surface area is 298 Å². The van der Waals surface area contributed by atoms with E-state index in [-0.39, 0.29) is 0 Å². The van der Waals surface area contributed by atoms with Gasteiger partial charge in [0.1, 0.15) is 5.82 Å². The normalized spacial score (nSPS) is 15.8. The third-order valence-electron chi connectivity index (χ3n) is 12.0. The number of fused-ring (bicyclic) bond motifs is 18. The van der Waals surface area contributed by atoms with Crippen molar-refractivity contribution in [2.45, 2.75) is 12.3 Å². The molecule has 1 fully saturated rings. The minimum atomic E-state index is 0.347. The summed E-state index contributed by atoms with van der Waals surface area (Å²) in [6.45, 7) is 0. The van der Waals surface area contributed by atoms with Crippen LogP contribution in [0.1, 0.15) is 29.0 Å². The van der Waals surface area contributed by atoms with Crippen LogP contribution in [0.5, 0.6) is 0 Å². The first-order valence-electron chi connectivity index (χ1n) is 18.3. The first kappa shape index (κ1) is 27.1. The van der Waals surface area contributed by atoms with Gasteiger partial charge in [0, 0.05) is 65.5 Å². The maximum atomic E-state index is 5.82. The fraction of sp³-hybridized carbons (Fsp3) is 0.0408. The van der Waals surface area contributed by atoms with Crippen molar-refractivity contribution in [3.05, 3.63) is 180 Å². The van der Waals surface area contributed by atoms with Gasteiger partial charge in [0.05, 0.1) is 33.3 Å². The number of aliphatic imine (C=N–C) groups is 1. The maximum absolute atomic E-state index is 5.82. The molecule has 3 nitrogen and oxygen atoms in total. The molecule has 0 saturated heterocycles. The number of nitrogens with zero attached hydrogens (tertiary/aromatic N) is 3. The van der Waals surface area contributed by atoms with Crippen molar-refractivity contribution < 1.29 is 0 Å². The number of benzene rings is 8. The zero-order valence-electron chi connectivity index (χ0n) is 28.1. The highest BCUT2D eigenvalue weighted by molar-refractivity contribution is 6.41. The number of rotatable bonds is 2. The molecule has 52 heavy (non-hydrogen) atoms. The van der Waals surface area contributed by atoms with Crippen LogP contribution in [0, 0.1) is 0 Å². The number of aromatic nitrogens is 2. The molecule has 1 saturated carbocycles. The molecule has 2 aliphatic rings. The Kier molecular flexibility index (Phi) is 4.96. The predicted molar refractivity (Wildman–Crippen MR) is 218 cm³/mol. The predicted octanol–water partition coefficient (Wildman–Crippen LogP) is 12.5. The zero-order valence-corrected chi connectivity index (χ0v) is 28.1. The lowest BCUT2D eigenvalue weighted by molar-refractivity contribution is 1.15. The minimum absolute atomic E-state index is 0.347. The smallest absolute Gasteiger partial charge is 0.138 e. The lowest BCUT2D eigenvalue weighted by Gasteiger charge is -2.15. The molecule has 4 heterocycles. The summed E-state index contributed by atoms with van der Waals surface area (Å²) in [4.78, 5) is 5.82. The van der Waals surface area contributed by atoms with Gasteiger partial charge in [-0.15, -0.1) is 0 Å². The fourth-order valence-electron chi connectivity index (χ4n) is 9.84. The topological polar surface area (TPSA) is 21.7 Å². The maximum Gasteiger partial charge on any atom is 0.138 e. The Hall–Kier alpha value is -6.71. The molecule has 1 aliphatic carbocycles. The number of hydrogen-bond acceptors (Lipinski definition) is 1. The molecule has 0 spiro atoms. The van der Waals surface area contributed by atoms with E-state index in [0.29, 0.717) is 5.92 Å². The van der Waals surface area contributed by atoms with Crippen LogP contribution < -0.4 is 0 Å². The summed E-state index contributed by atoms with van der Waals surface area (Å²) in [7, 11) is 0. The Morgan fingerprint density at radius 3 is 1.98 bits per heavy atom. The molecular formula is C49H29N3. The van der Waals surface area contributed by atoms with Crippen LogP contribution in [0.2, 0.25) is 0 Å². The second-order valence-corrected chi connectivity index (χ2v) is 14.6. The van der Waals surface area contributed by atoms with Crippen molar-refractivity contribution in [3.63, 3.8) is 0 Å². The molecular weight excluding hydrogens is 631 g/mol. The van der Waals surface area contributed by atoms with Gasteiger partial charge in [-0.05, 0) is 29.0 Å². The molecule has 11 aromatic rings. The number of para-hydroxylation sites is 2. The molecule has 3 aromatic heterocycles.